The van der Waals surface area contributed by atoms with Crippen LogP contribution in [0.5, 0.6) is 0 Å². The van der Waals surface area contributed by atoms with Gasteiger partial charge in [0.25, 0.3) is 11.8 Å². The SMILES string of the molecule is CCN(CC)C(=O)c1ccccc1NC(=O)/C(=C/c1ccccc1)c1ccccc1. The Morgan fingerprint density at radius 3 is 2.00 bits per heavy atom. The number of para-hydroxylation sites is 1. The summed E-state index contributed by atoms with van der Waals surface area (Å²) in [6.45, 7) is 5.11. The first-order chi connectivity index (χ1) is 14.6. The van der Waals surface area contributed by atoms with Crippen LogP contribution in [0.3, 0.4) is 0 Å². The van der Waals surface area contributed by atoms with Gasteiger partial charge < -0.3 is 10.2 Å². The van der Waals surface area contributed by atoms with Crippen molar-refractivity contribution in [3.63, 3.8) is 0 Å². The second kappa shape index (κ2) is 10.2. The van der Waals surface area contributed by atoms with E-state index < -0.39 is 0 Å². The Morgan fingerprint density at radius 2 is 1.37 bits per heavy atom. The maximum Gasteiger partial charge on any atom is 0.256 e. The molecule has 4 nitrogen and oxygen atoms in total. The monoisotopic (exact) mass is 398 g/mol. The van der Waals surface area contributed by atoms with Crippen LogP contribution in [-0.4, -0.2) is 29.8 Å². The molecule has 30 heavy (non-hydrogen) atoms. The largest absolute Gasteiger partial charge is 0.339 e. The van der Waals surface area contributed by atoms with Gasteiger partial charge >= 0.3 is 0 Å². The second-order valence-corrected chi connectivity index (χ2v) is 6.81. The van der Waals surface area contributed by atoms with E-state index in [0.29, 0.717) is 29.9 Å². The molecule has 0 saturated carbocycles. The predicted molar refractivity (Wildman–Crippen MR) is 123 cm³/mol. The lowest BCUT2D eigenvalue weighted by atomic mass is 10.0. The number of carbonyl (C=O) groups is 2. The Labute approximate surface area is 177 Å². The van der Waals surface area contributed by atoms with Gasteiger partial charge in [-0.05, 0) is 43.2 Å². The zero-order valence-electron chi connectivity index (χ0n) is 17.3. The summed E-state index contributed by atoms with van der Waals surface area (Å²) in [6, 6.07) is 26.4. The Hall–Kier alpha value is -3.66. The second-order valence-electron chi connectivity index (χ2n) is 6.81. The van der Waals surface area contributed by atoms with Crippen LogP contribution in [0.1, 0.15) is 35.3 Å². The first-order valence-corrected chi connectivity index (χ1v) is 10.2. The quantitative estimate of drug-likeness (QED) is 0.431. The van der Waals surface area contributed by atoms with Gasteiger partial charge in [-0.3, -0.25) is 9.59 Å². The maximum absolute atomic E-state index is 13.3. The molecule has 0 radical (unpaired) electrons. The molecule has 3 aromatic carbocycles. The number of hydrogen-bond donors (Lipinski definition) is 1. The molecular weight excluding hydrogens is 372 g/mol. The van der Waals surface area contributed by atoms with Gasteiger partial charge in [0.05, 0.1) is 11.3 Å². The summed E-state index contributed by atoms with van der Waals surface area (Å²) in [5, 5.41) is 2.96. The number of hydrogen-bond acceptors (Lipinski definition) is 2. The molecule has 0 aliphatic carbocycles. The number of amides is 2. The minimum absolute atomic E-state index is 0.0933. The molecule has 0 saturated heterocycles. The molecule has 3 rings (SSSR count). The molecule has 0 fully saturated rings. The van der Waals surface area contributed by atoms with Crippen molar-refractivity contribution in [2.75, 3.05) is 18.4 Å². The summed E-state index contributed by atoms with van der Waals surface area (Å²) in [6.07, 6.45) is 1.86. The fraction of sp³-hybridized carbons (Fsp3) is 0.154. The van der Waals surface area contributed by atoms with Crippen LogP contribution < -0.4 is 5.32 Å². The molecule has 0 spiro atoms. The number of rotatable bonds is 7. The minimum atomic E-state index is -0.259. The third-order valence-corrected chi connectivity index (χ3v) is 4.90. The van der Waals surface area contributed by atoms with Crippen LogP contribution in [0.15, 0.2) is 84.9 Å². The van der Waals surface area contributed by atoms with E-state index in [1.165, 1.54) is 0 Å². The van der Waals surface area contributed by atoms with E-state index >= 15 is 0 Å². The van der Waals surface area contributed by atoms with E-state index in [0.717, 1.165) is 11.1 Å². The maximum atomic E-state index is 13.3. The van der Waals surface area contributed by atoms with Crippen molar-refractivity contribution < 1.29 is 9.59 Å². The highest BCUT2D eigenvalue weighted by Crippen LogP contribution is 2.23. The Morgan fingerprint density at radius 1 is 0.800 bits per heavy atom. The van der Waals surface area contributed by atoms with Crippen molar-refractivity contribution in [3.05, 3.63) is 102 Å². The van der Waals surface area contributed by atoms with E-state index in [4.69, 9.17) is 0 Å². The molecule has 2 amide bonds. The van der Waals surface area contributed by atoms with Crippen molar-refractivity contribution in [1.29, 1.82) is 0 Å². The molecule has 0 aliphatic rings. The zero-order chi connectivity index (χ0) is 21.3. The number of benzene rings is 3. The third kappa shape index (κ3) is 5.03. The van der Waals surface area contributed by atoms with Crippen LogP contribution >= 0.6 is 0 Å². The third-order valence-electron chi connectivity index (χ3n) is 4.90. The van der Waals surface area contributed by atoms with Crippen molar-refractivity contribution in [2.24, 2.45) is 0 Å². The molecule has 0 heterocycles. The fourth-order valence-electron chi connectivity index (χ4n) is 3.26. The molecule has 0 bridgehead atoms. The molecule has 0 atom stereocenters. The van der Waals surface area contributed by atoms with Gasteiger partial charge in [-0.1, -0.05) is 72.8 Å². The highest BCUT2D eigenvalue weighted by molar-refractivity contribution is 6.29. The highest BCUT2D eigenvalue weighted by atomic mass is 16.2. The molecular formula is C26H26N2O2. The summed E-state index contributed by atoms with van der Waals surface area (Å²) in [5.74, 6) is -0.353. The summed E-state index contributed by atoms with van der Waals surface area (Å²) in [5.41, 5.74) is 3.27. The number of carbonyl (C=O) groups excluding carboxylic acids is 2. The van der Waals surface area contributed by atoms with Crippen molar-refractivity contribution >= 4 is 29.2 Å². The van der Waals surface area contributed by atoms with E-state index in [2.05, 4.69) is 5.32 Å². The minimum Gasteiger partial charge on any atom is -0.339 e. The van der Waals surface area contributed by atoms with Gasteiger partial charge in [-0.25, -0.2) is 0 Å². The summed E-state index contributed by atoms with van der Waals surface area (Å²) < 4.78 is 0. The molecule has 0 aliphatic heterocycles. The topological polar surface area (TPSA) is 49.4 Å². The number of anilines is 1. The van der Waals surface area contributed by atoms with Gasteiger partial charge in [0.2, 0.25) is 0 Å². The van der Waals surface area contributed by atoms with E-state index in [1.807, 2.05) is 92.7 Å². The fourth-order valence-corrected chi connectivity index (χ4v) is 3.26. The van der Waals surface area contributed by atoms with Crippen LogP contribution in [-0.2, 0) is 4.79 Å². The van der Waals surface area contributed by atoms with Crippen LogP contribution in [0.2, 0.25) is 0 Å². The van der Waals surface area contributed by atoms with E-state index in [-0.39, 0.29) is 11.8 Å². The highest BCUT2D eigenvalue weighted by Gasteiger charge is 2.19. The van der Waals surface area contributed by atoms with Gasteiger partial charge in [-0.2, -0.15) is 0 Å². The van der Waals surface area contributed by atoms with Crippen molar-refractivity contribution in [1.82, 2.24) is 4.90 Å². The van der Waals surface area contributed by atoms with Crippen molar-refractivity contribution in [3.8, 4) is 0 Å². The van der Waals surface area contributed by atoms with Gasteiger partial charge in [0.1, 0.15) is 0 Å². The molecule has 0 unspecified atom stereocenters. The first kappa shape index (κ1) is 21.1. The van der Waals surface area contributed by atoms with Crippen LogP contribution in [0.25, 0.3) is 11.6 Å². The van der Waals surface area contributed by atoms with E-state index in [1.54, 1.807) is 17.0 Å². The molecule has 3 aromatic rings. The number of nitrogens with one attached hydrogen (secondary N) is 1. The molecule has 1 N–H and O–H groups in total. The average Bonchev–Trinajstić information content (AvgIpc) is 2.79. The van der Waals surface area contributed by atoms with Gasteiger partial charge in [-0.15, -0.1) is 0 Å². The average molecular weight is 399 g/mol. The van der Waals surface area contributed by atoms with Crippen LogP contribution in [0, 0.1) is 0 Å². The molecule has 0 aromatic heterocycles. The summed E-state index contributed by atoms with van der Waals surface area (Å²) in [7, 11) is 0. The molecule has 4 heteroatoms. The lowest BCUT2D eigenvalue weighted by molar-refractivity contribution is -0.111. The Kier molecular flexibility index (Phi) is 7.17. The lowest BCUT2D eigenvalue weighted by Gasteiger charge is -2.20. The zero-order valence-corrected chi connectivity index (χ0v) is 17.3. The Balaban J connectivity index is 1.96. The number of nitrogens with zero attached hydrogens (tertiary/aromatic N) is 1. The normalized spacial score (nSPS) is 11.1. The van der Waals surface area contributed by atoms with Gasteiger partial charge in [0.15, 0.2) is 0 Å². The smallest absolute Gasteiger partial charge is 0.256 e. The molecule has 152 valence electrons. The lowest BCUT2D eigenvalue weighted by Crippen LogP contribution is -2.31. The van der Waals surface area contributed by atoms with Gasteiger partial charge in [0, 0.05) is 18.7 Å². The van der Waals surface area contributed by atoms with Crippen LogP contribution in [0.4, 0.5) is 5.69 Å². The summed E-state index contributed by atoms with van der Waals surface area (Å²) >= 11 is 0. The Bertz CT molecular complexity index is 1020. The predicted octanol–water partition coefficient (Wildman–Crippen LogP) is 5.35. The van der Waals surface area contributed by atoms with E-state index in [9.17, 15) is 9.59 Å². The standard InChI is InChI=1S/C26H26N2O2/c1-3-28(4-2)26(30)22-17-11-12-18-24(22)27-25(29)23(21-15-9-6-10-16-21)19-20-13-7-5-8-14-20/h5-19H,3-4H2,1-2H3,(H,27,29)/b23-19+. The van der Waals surface area contributed by atoms with Crippen molar-refractivity contribution in [2.45, 2.75) is 13.8 Å². The first-order valence-electron chi connectivity index (χ1n) is 10.2. The summed E-state index contributed by atoms with van der Waals surface area (Å²) in [4.78, 5) is 27.9.